The first-order chi connectivity index (χ1) is 24.2. The van der Waals surface area contributed by atoms with Gasteiger partial charge in [-0.3, -0.25) is 34.6 Å². The highest BCUT2D eigenvalue weighted by molar-refractivity contribution is 5.98. The highest BCUT2D eigenvalue weighted by atomic mass is 16.5. The summed E-state index contributed by atoms with van der Waals surface area (Å²) in [6.07, 6.45) is 1.99. The number of para-hydroxylation sites is 1. The molecule has 0 unspecified atom stereocenters. The molecular formula is C36H49N9O6. The van der Waals surface area contributed by atoms with E-state index in [0.29, 0.717) is 5.06 Å². The van der Waals surface area contributed by atoms with E-state index in [1.165, 1.54) is 0 Å². The van der Waals surface area contributed by atoms with E-state index in [2.05, 4.69) is 31.6 Å². The van der Waals surface area contributed by atoms with Crippen molar-refractivity contribution in [2.24, 2.45) is 17.6 Å². The quantitative estimate of drug-likeness (QED) is 0.0840. The van der Waals surface area contributed by atoms with Crippen molar-refractivity contribution in [3.8, 4) is 0 Å². The molecule has 0 bridgehead atoms. The van der Waals surface area contributed by atoms with E-state index >= 15 is 0 Å². The molecule has 1 aliphatic rings. The molecule has 3 aromatic rings. The lowest BCUT2D eigenvalue weighted by Crippen LogP contribution is -2.60. The van der Waals surface area contributed by atoms with Gasteiger partial charge in [0, 0.05) is 36.5 Å². The number of carbonyl (C=O) groups excluding carboxylic acids is 5. The second kappa shape index (κ2) is 17.5. The second-order valence-electron chi connectivity index (χ2n) is 13.5. The van der Waals surface area contributed by atoms with Crippen LogP contribution in [0.5, 0.6) is 0 Å². The van der Waals surface area contributed by atoms with E-state index in [1.807, 2.05) is 30.3 Å². The average Bonchev–Trinajstić information content (AvgIpc) is 3.50. The number of rotatable bonds is 10. The zero-order chi connectivity index (χ0) is 37.2. The average molecular weight is 704 g/mol. The van der Waals surface area contributed by atoms with Crippen LogP contribution in [0.2, 0.25) is 0 Å². The maximum absolute atomic E-state index is 14.1. The van der Waals surface area contributed by atoms with Gasteiger partial charge in [-0.05, 0) is 41.9 Å². The summed E-state index contributed by atoms with van der Waals surface area (Å²) in [5.74, 6) is -4.55. The molecule has 1 saturated heterocycles. The molecule has 1 aliphatic heterocycles. The number of hydrogen-bond acceptors (Lipinski definition) is 7. The topological polar surface area (TPSA) is 235 Å². The molecule has 5 amide bonds. The van der Waals surface area contributed by atoms with E-state index in [1.54, 1.807) is 58.2 Å². The first-order valence-electron chi connectivity index (χ1n) is 17.2. The summed E-state index contributed by atoms with van der Waals surface area (Å²) < 4.78 is 0. The van der Waals surface area contributed by atoms with Crippen molar-refractivity contribution in [2.45, 2.75) is 83.6 Å². The molecule has 274 valence electrons. The Morgan fingerprint density at radius 1 is 0.725 bits per heavy atom. The Morgan fingerprint density at radius 3 is 1.88 bits per heavy atom. The maximum atomic E-state index is 14.1. The van der Waals surface area contributed by atoms with Crippen molar-refractivity contribution in [1.82, 2.24) is 36.6 Å². The zero-order valence-electron chi connectivity index (χ0n) is 29.4. The Bertz CT molecular complexity index is 1710. The van der Waals surface area contributed by atoms with Gasteiger partial charge in [0.2, 0.25) is 35.5 Å². The van der Waals surface area contributed by atoms with Gasteiger partial charge in [-0.1, -0.05) is 76.2 Å². The fraction of sp³-hybridized carbons (Fsp3) is 0.444. The fourth-order valence-electron chi connectivity index (χ4n) is 6.00. The third-order valence-electron chi connectivity index (χ3n) is 8.92. The van der Waals surface area contributed by atoms with Crippen molar-refractivity contribution in [3.63, 3.8) is 0 Å². The number of nitrogens with zero attached hydrogens (tertiary/aromatic N) is 1. The van der Waals surface area contributed by atoms with Crippen molar-refractivity contribution in [3.05, 3.63) is 71.9 Å². The van der Waals surface area contributed by atoms with Crippen LogP contribution in [0.3, 0.4) is 0 Å². The van der Waals surface area contributed by atoms with Crippen molar-refractivity contribution < 1.29 is 29.2 Å². The van der Waals surface area contributed by atoms with Gasteiger partial charge >= 0.3 is 0 Å². The zero-order valence-corrected chi connectivity index (χ0v) is 29.4. The van der Waals surface area contributed by atoms with Gasteiger partial charge in [0.1, 0.15) is 30.2 Å². The predicted octanol–water partition coefficient (Wildman–Crippen LogP) is 1.07. The van der Waals surface area contributed by atoms with Gasteiger partial charge < -0.3 is 37.3 Å². The van der Waals surface area contributed by atoms with Gasteiger partial charge in [-0.2, -0.15) is 0 Å². The number of hydrogen-bond donors (Lipinski definition) is 9. The molecule has 0 aliphatic carbocycles. The highest BCUT2D eigenvalue weighted by Crippen LogP contribution is 2.20. The fourth-order valence-corrected chi connectivity index (χ4v) is 6.00. The van der Waals surface area contributed by atoms with Crippen LogP contribution < -0.4 is 32.3 Å². The van der Waals surface area contributed by atoms with E-state index in [0.717, 1.165) is 22.0 Å². The summed E-state index contributed by atoms with van der Waals surface area (Å²) in [5.41, 5.74) is 7.69. The highest BCUT2D eigenvalue weighted by Gasteiger charge is 2.36. The normalized spacial score (nSPS) is 22.3. The first kappa shape index (κ1) is 38.4. The molecule has 10 N–H and O–H groups in total. The monoisotopic (exact) mass is 703 g/mol. The molecule has 2 aromatic carbocycles. The Kier molecular flexibility index (Phi) is 13.1. The van der Waals surface area contributed by atoms with E-state index in [4.69, 9.17) is 11.1 Å². The first-order valence-corrected chi connectivity index (χ1v) is 17.2. The molecule has 0 saturated carbocycles. The van der Waals surface area contributed by atoms with Gasteiger partial charge in [-0.15, -0.1) is 0 Å². The number of fused-ring (bicyclic) bond motifs is 1. The van der Waals surface area contributed by atoms with Crippen LogP contribution in [0, 0.1) is 17.2 Å². The molecule has 5 atom stereocenters. The summed E-state index contributed by atoms with van der Waals surface area (Å²) in [6, 6.07) is 10.9. The van der Waals surface area contributed by atoms with Crippen LogP contribution in [-0.2, 0) is 36.8 Å². The number of benzene rings is 2. The van der Waals surface area contributed by atoms with Crippen LogP contribution in [-0.4, -0.2) is 87.5 Å². The molecule has 1 fully saturated rings. The number of hydroxylamine groups is 2. The Balaban J connectivity index is 1.76. The van der Waals surface area contributed by atoms with Gasteiger partial charge in [0.15, 0.2) is 0 Å². The standard InChI is InChI=1S/C36H49N9O6/c1-20(2)29-34(49)42-28(18-23-19-39-25-14-9-8-13-24(23)25)32(47)40-26(15-10-16-45(51)36(37)38)31(46)41-27(17-22-11-6-5-7-12-22)33(48)43-30(21(3)4)35(50)44-29/h5-9,11-14,19-21,26-30,39,51H,10,15-18H2,1-4H3,(H3,37,38)(H,40,47)(H,41,46)(H,42,49)(H,43,48)(H,44,50)/t26-,27+,28-,29+,30-/m0/s1. The van der Waals surface area contributed by atoms with Gasteiger partial charge in [-0.25, -0.2) is 5.06 Å². The second-order valence-corrected chi connectivity index (χ2v) is 13.5. The number of H-pyrrole nitrogens is 1. The summed E-state index contributed by atoms with van der Waals surface area (Å²) in [7, 11) is 0. The minimum absolute atomic E-state index is 0.0153. The summed E-state index contributed by atoms with van der Waals surface area (Å²) in [5, 5.41) is 32.7. The van der Waals surface area contributed by atoms with Crippen LogP contribution in [0.1, 0.15) is 51.7 Å². The number of carbonyl (C=O) groups is 5. The smallest absolute Gasteiger partial charge is 0.243 e. The predicted molar refractivity (Wildman–Crippen MR) is 191 cm³/mol. The van der Waals surface area contributed by atoms with Crippen molar-refractivity contribution in [1.29, 1.82) is 5.41 Å². The van der Waals surface area contributed by atoms with Crippen LogP contribution in [0.25, 0.3) is 10.9 Å². The third-order valence-corrected chi connectivity index (χ3v) is 8.92. The summed E-state index contributed by atoms with van der Waals surface area (Å²) >= 11 is 0. The maximum Gasteiger partial charge on any atom is 0.243 e. The molecule has 4 rings (SSSR count). The lowest BCUT2D eigenvalue weighted by atomic mass is 9.98. The number of amides is 5. The Hall–Kier alpha value is -5.44. The number of nitrogens with two attached hydrogens (primary N) is 1. The molecule has 0 radical (unpaired) electrons. The molecule has 2 heterocycles. The number of nitrogens with one attached hydrogen (secondary N) is 7. The lowest BCUT2D eigenvalue weighted by molar-refractivity contribution is -0.135. The molecular weight excluding hydrogens is 654 g/mol. The third kappa shape index (κ3) is 10.3. The van der Waals surface area contributed by atoms with Crippen LogP contribution in [0.4, 0.5) is 0 Å². The van der Waals surface area contributed by atoms with E-state index in [-0.39, 0.29) is 38.1 Å². The summed E-state index contributed by atoms with van der Waals surface area (Å²) in [4.78, 5) is 72.8. The molecule has 51 heavy (non-hydrogen) atoms. The van der Waals surface area contributed by atoms with E-state index in [9.17, 15) is 29.2 Å². The number of guanidine groups is 1. The minimum Gasteiger partial charge on any atom is -0.368 e. The Labute approximate surface area is 296 Å². The SMILES string of the molecule is CC(C)[C@@H]1NC(=O)[C@@H](Cc2ccccc2)NC(=O)[C@H](CCCN(O)C(=N)N)NC(=O)[C@H](Cc2c[nH]c3ccccc23)NC(=O)[C@@H](C(C)C)NC1=O. The molecule has 15 nitrogen and oxygen atoms in total. The van der Waals surface area contributed by atoms with Gasteiger partial charge in [0.05, 0.1) is 0 Å². The van der Waals surface area contributed by atoms with Crippen molar-refractivity contribution >= 4 is 46.4 Å². The molecule has 1 aromatic heterocycles. The minimum atomic E-state index is -1.22. The molecule has 15 heteroatoms. The number of aromatic amines is 1. The molecule has 0 spiro atoms. The van der Waals surface area contributed by atoms with Gasteiger partial charge in [0.25, 0.3) is 0 Å². The summed E-state index contributed by atoms with van der Waals surface area (Å²) in [6.45, 7) is 6.93. The largest absolute Gasteiger partial charge is 0.368 e. The van der Waals surface area contributed by atoms with Crippen molar-refractivity contribution in [2.75, 3.05) is 6.54 Å². The number of aromatic nitrogens is 1. The van der Waals surface area contributed by atoms with Crippen LogP contribution >= 0.6 is 0 Å². The lowest BCUT2D eigenvalue weighted by Gasteiger charge is -2.29. The van der Waals surface area contributed by atoms with Crippen LogP contribution in [0.15, 0.2) is 60.8 Å². The van der Waals surface area contributed by atoms with E-state index < -0.39 is 71.6 Å². The Morgan fingerprint density at radius 2 is 1.24 bits per heavy atom.